The van der Waals surface area contributed by atoms with Gasteiger partial charge in [-0.3, -0.25) is 0 Å². The van der Waals surface area contributed by atoms with Crippen molar-refractivity contribution in [1.82, 2.24) is 0 Å². The lowest BCUT2D eigenvalue weighted by molar-refractivity contribution is -0.729. The molecule has 0 aromatic heterocycles. The first-order valence-electron chi connectivity index (χ1n) is 5.89. The smallest absolute Gasteiger partial charge is 0.434 e. The quantitative estimate of drug-likeness (QED) is 0.388. The van der Waals surface area contributed by atoms with E-state index in [0.29, 0.717) is 6.61 Å². The molecule has 1 aromatic rings. The van der Waals surface area contributed by atoms with Crippen LogP contribution in [-0.2, 0) is 4.74 Å². The summed E-state index contributed by atoms with van der Waals surface area (Å²) in [4.78, 5) is 21.7. The number of ether oxygens (including phenoxy) is 2. The van der Waals surface area contributed by atoms with Crippen LogP contribution in [0.2, 0.25) is 25.7 Å². The molecule has 0 heterocycles. The molecule has 6 nitrogen and oxygen atoms in total. The lowest BCUT2D eigenvalue weighted by Gasteiger charge is -2.14. The monoisotopic (exact) mass is 284 g/mol. The normalized spacial score (nSPS) is 10.9. The Morgan fingerprint density at radius 3 is 2.32 bits per heavy atom. The predicted molar refractivity (Wildman–Crippen MR) is 71.6 cm³/mol. The Balaban J connectivity index is 2.42. The van der Waals surface area contributed by atoms with E-state index in [1.54, 1.807) is 0 Å². The Morgan fingerprint density at radius 1 is 1.26 bits per heavy atom. The van der Waals surface area contributed by atoms with Crippen molar-refractivity contribution in [3.63, 3.8) is 0 Å². The number of benzene rings is 1. The van der Waals surface area contributed by atoms with Gasteiger partial charge in [-0.25, -0.2) is 10.0 Å². The lowest BCUT2D eigenvalue weighted by atomic mass is 10.3. The third kappa shape index (κ3) is 6.00. The molecule has 0 bridgehead atoms. The van der Waals surface area contributed by atoms with Crippen LogP contribution in [0.25, 0.3) is 0 Å². The molecule has 0 saturated heterocycles. The molecule has 0 aliphatic rings. The van der Waals surface area contributed by atoms with Gasteiger partial charge in [0.2, 0.25) is 0 Å². The second kappa shape index (κ2) is 6.33. The van der Waals surface area contributed by atoms with E-state index in [0.717, 1.165) is 6.04 Å². The first-order chi connectivity index (χ1) is 8.78. The summed E-state index contributed by atoms with van der Waals surface area (Å²) in [6.45, 7) is 6.90. The van der Waals surface area contributed by atoms with Crippen molar-refractivity contribution >= 4 is 19.9 Å². The molecular weight excluding hydrogens is 266 g/mol. The number of nitrogens with zero attached hydrogens (tertiary/aromatic N) is 1. The molecule has 0 spiro atoms. The van der Waals surface area contributed by atoms with Crippen LogP contribution >= 0.6 is 0 Å². The average molecular weight is 284 g/mol. The summed E-state index contributed by atoms with van der Waals surface area (Å²) in [7, 11) is -1.24. The molecule has 0 atom stereocenters. The molecule has 104 valence electrons. The number of hydrogen-bond donors (Lipinski definition) is 1. The van der Waals surface area contributed by atoms with Gasteiger partial charge in [-0.2, -0.15) is 0 Å². The van der Waals surface area contributed by atoms with Gasteiger partial charge in [-0.15, -0.1) is 0 Å². The van der Waals surface area contributed by atoms with E-state index in [9.17, 15) is 9.70 Å². The number of carbonyl (C=O) groups excluding carboxylic acids is 1. The first-order valence-corrected chi connectivity index (χ1v) is 9.59. The van der Waals surface area contributed by atoms with Crippen molar-refractivity contribution < 1.29 is 24.4 Å². The standard InChI is InChI=1S/C12H18NO5Si/c1-19(2,3)9-8-17-12(14)18-11-6-4-10(5-7-11)13(15)16/h4-7H,8-9H2,1-3H3,(H,15,16)/q+1. The highest BCUT2D eigenvalue weighted by molar-refractivity contribution is 6.76. The van der Waals surface area contributed by atoms with Crippen molar-refractivity contribution in [2.24, 2.45) is 0 Å². The van der Waals surface area contributed by atoms with E-state index < -0.39 is 14.2 Å². The highest BCUT2D eigenvalue weighted by Crippen LogP contribution is 2.17. The van der Waals surface area contributed by atoms with Crippen molar-refractivity contribution in [3.05, 3.63) is 29.2 Å². The van der Waals surface area contributed by atoms with Gasteiger partial charge in [-0.05, 0) is 18.2 Å². The third-order valence-electron chi connectivity index (χ3n) is 2.33. The third-order valence-corrected chi connectivity index (χ3v) is 4.03. The highest BCUT2D eigenvalue weighted by Gasteiger charge is 2.15. The Labute approximate surface area is 112 Å². The fourth-order valence-corrected chi connectivity index (χ4v) is 1.92. The summed E-state index contributed by atoms with van der Waals surface area (Å²) >= 11 is 0. The SMILES string of the molecule is C[Si](C)(C)CCOC(=O)Oc1ccc([N+](=O)O)cc1. The van der Waals surface area contributed by atoms with Crippen molar-refractivity contribution in [3.8, 4) is 5.75 Å². The molecule has 1 N–H and O–H groups in total. The second-order valence-electron chi connectivity index (χ2n) is 5.28. The highest BCUT2D eigenvalue weighted by atomic mass is 28.3. The van der Waals surface area contributed by atoms with Crippen LogP contribution in [0.15, 0.2) is 24.3 Å². The molecule has 19 heavy (non-hydrogen) atoms. The van der Waals surface area contributed by atoms with Gasteiger partial charge in [0.15, 0.2) is 0 Å². The molecule has 0 unspecified atom stereocenters. The zero-order chi connectivity index (χ0) is 14.5. The lowest BCUT2D eigenvalue weighted by Crippen LogP contribution is -2.23. The average Bonchev–Trinajstić information content (AvgIpc) is 2.27. The predicted octanol–water partition coefficient (Wildman–Crippen LogP) is 3.34. The van der Waals surface area contributed by atoms with Gasteiger partial charge in [0, 0.05) is 20.2 Å². The van der Waals surface area contributed by atoms with Gasteiger partial charge >= 0.3 is 11.8 Å². The fourth-order valence-electron chi connectivity index (χ4n) is 1.21. The van der Waals surface area contributed by atoms with E-state index in [1.807, 2.05) is 0 Å². The topological polar surface area (TPSA) is 75.8 Å². The molecule has 1 aromatic carbocycles. The summed E-state index contributed by atoms with van der Waals surface area (Å²) in [5.41, 5.74) is 0.0550. The largest absolute Gasteiger partial charge is 0.513 e. The van der Waals surface area contributed by atoms with E-state index in [1.165, 1.54) is 24.3 Å². The molecule has 0 saturated carbocycles. The minimum Gasteiger partial charge on any atom is -0.434 e. The Bertz CT molecular complexity index is 452. The summed E-state index contributed by atoms with van der Waals surface area (Å²) in [5, 5.41) is 8.64. The van der Waals surface area contributed by atoms with E-state index >= 15 is 0 Å². The summed E-state index contributed by atoms with van der Waals surface area (Å²) in [6, 6.07) is 6.33. The molecule has 0 aliphatic heterocycles. The zero-order valence-electron chi connectivity index (χ0n) is 11.3. The van der Waals surface area contributed by atoms with Gasteiger partial charge in [-0.1, -0.05) is 19.6 Å². The minimum absolute atomic E-state index is 0.0550. The Hall–Kier alpha value is -1.89. The molecular formula is C12H18NO5Si+. The van der Waals surface area contributed by atoms with Gasteiger partial charge in [0.1, 0.15) is 5.75 Å². The van der Waals surface area contributed by atoms with Gasteiger partial charge in [0.25, 0.3) is 4.92 Å². The maximum absolute atomic E-state index is 11.4. The molecule has 0 radical (unpaired) electrons. The van der Waals surface area contributed by atoms with E-state index in [4.69, 9.17) is 14.7 Å². The zero-order valence-corrected chi connectivity index (χ0v) is 12.3. The summed E-state index contributed by atoms with van der Waals surface area (Å²) in [5.74, 6) is 0.253. The molecule has 0 fully saturated rings. The van der Waals surface area contributed by atoms with Gasteiger partial charge in [0.05, 0.1) is 11.5 Å². The van der Waals surface area contributed by atoms with Crippen LogP contribution in [0.4, 0.5) is 10.5 Å². The van der Waals surface area contributed by atoms with Crippen LogP contribution in [0, 0.1) is 4.91 Å². The Kier molecular flexibility index (Phi) is 5.05. The minimum atomic E-state index is -1.24. The molecule has 0 amide bonds. The second-order valence-corrected chi connectivity index (χ2v) is 10.9. The maximum atomic E-state index is 11.4. The molecule has 1 rings (SSSR count). The van der Waals surface area contributed by atoms with E-state index in [-0.39, 0.29) is 16.4 Å². The van der Waals surface area contributed by atoms with E-state index in [2.05, 4.69) is 19.6 Å². The Morgan fingerprint density at radius 2 is 1.84 bits per heavy atom. The van der Waals surface area contributed by atoms with Crippen LogP contribution in [0.1, 0.15) is 0 Å². The number of hydrogen-bond acceptors (Lipinski definition) is 4. The first kappa shape index (κ1) is 15.2. The van der Waals surface area contributed by atoms with Crippen LogP contribution in [-0.4, -0.2) is 31.0 Å². The number of rotatable bonds is 5. The van der Waals surface area contributed by atoms with Crippen molar-refractivity contribution in [2.45, 2.75) is 25.7 Å². The molecule has 7 heteroatoms. The van der Waals surface area contributed by atoms with Crippen LogP contribution in [0.3, 0.4) is 0 Å². The maximum Gasteiger partial charge on any atom is 0.513 e. The summed E-state index contributed by atoms with van der Waals surface area (Å²) in [6.07, 6.45) is -0.769. The van der Waals surface area contributed by atoms with Crippen LogP contribution in [0.5, 0.6) is 5.75 Å². The molecule has 0 aliphatic carbocycles. The summed E-state index contributed by atoms with van der Waals surface area (Å²) < 4.78 is 9.87. The van der Waals surface area contributed by atoms with Crippen molar-refractivity contribution in [2.75, 3.05) is 6.61 Å². The van der Waals surface area contributed by atoms with Crippen molar-refractivity contribution in [1.29, 1.82) is 0 Å². The number of carbonyl (C=O) groups is 1. The van der Waals surface area contributed by atoms with Gasteiger partial charge < -0.3 is 9.47 Å². The fraction of sp³-hybridized carbons (Fsp3) is 0.417. The van der Waals surface area contributed by atoms with Crippen LogP contribution < -0.4 is 4.74 Å².